The van der Waals surface area contributed by atoms with Crippen LogP contribution < -0.4 is 0 Å². The number of unbranched alkanes of at least 4 members (excludes halogenated alkanes) is 2. The van der Waals surface area contributed by atoms with Crippen molar-refractivity contribution in [1.82, 2.24) is 4.90 Å². The van der Waals surface area contributed by atoms with Gasteiger partial charge in [-0.05, 0) is 38.3 Å². The van der Waals surface area contributed by atoms with E-state index in [0.29, 0.717) is 0 Å². The van der Waals surface area contributed by atoms with Gasteiger partial charge in [0.25, 0.3) is 0 Å². The third-order valence-corrected chi connectivity index (χ3v) is 3.89. The fourth-order valence-electron chi connectivity index (χ4n) is 2.52. The average Bonchev–Trinajstić information content (AvgIpc) is 2.46. The normalized spacial score (nSPS) is 10.5. The molecule has 0 fully saturated rings. The molecule has 0 N–H and O–H groups in total. The molecule has 0 unspecified atom stereocenters. The Morgan fingerprint density at radius 2 is 1.57 bits per heavy atom. The zero-order valence-electron chi connectivity index (χ0n) is 14.3. The SMILES string of the molecule is C=C(C)c1ccc(C)cc1C(=C)N(CCCC)CCCC. The van der Waals surface area contributed by atoms with Crippen molar-refractivity contribution in [2.45, 2.75) is 53.4 Å². The molecule has 0 aliphatic rings. The summed E-state index contributed by atoms with van der Waals surface area (Å²) < 4.78 is 0. The monoisotopic (exact) mass is 285 g/mol. The van der Waals surface area contributed by atoms with Crippen LogP contribution in [-0.4, -0.2) is 18.0 Å². The first-order chi connectivity index (χ1) is 10.0. The molecule has 0 aliphatic carbocycles. The fraction of sp³-hybridized carbons (Fsp3) is 0.500. The first-order valence-corrected chi connectivity index (χ1v) is 8.22. The Morgan fingerprint density at radius 1 is 1.00 bits per heavy atom. The van der Waals surface area contributed by atoms with Crippen LogP contribution in [0.1, 0.15) is 63.1 Å². The summed E-state index contributed by atoms with van der Waals surface area (Å²) in [6.07, 6.45) is 4.88. The van der Waals surface area contributed by atoms with E-state index in [0.717, 1.165) is 24.4 Å². The molecule has 0 bridgehead atoms. The number of hydrogen-bond acceptors (Lipinski definition) is 1. The van der Waals surface area contributed by atoms with Crippen LogP contribution in [0.2, 0.25) is 0 Å². The molecular formula is C20H31N. The van der Waals surface area contributed by atoms with Crippen molar-refractivity contribution in [3.8, 4) is 0 Å². The molecule has 0 saturated heterocycles. The molecular weight excluding hydrogens is 254 g/mol. The molecule has 1 aromatic carbocycles. The second kappa shape index (κ2) is 8.71. The minimum atomic E-state index is 1.10. The van der Waals surface area contributed by atoms with Gasteiger partial charge in [-0.25, -0.2) is 0 Å². The van der Waals surface area contributed by atoms with Gasteiger partial charge in [0, 0.05) is 24.4 Å². The van der Waals surface area contributed by atoms with Crippen LogP contribution in [0.25, 0.3) is 11.3 Å². The lowest BCUT2D eigenvalue weighted by molar-refractivity contribution is 0.379. The van der Waals surface area contributed by atoms with Gasteiger partial charge < -0.3 is 4.90 Å². The molecule has 21 heavy (non-hydrogen) atoms. The van der Waals surface area contributed by atoms with E-state index in [4.69, 9.17) is 0 Å². The molecule has 0 amide bonds. The molecule has 1 nitrogen and oxygen atoms in total. The summed E-state index contributed by atoms with van der Waals surface area (Å²) in [6.45, 7) is 19.4. The summed E-state index contributed by atoms with van der Waals surface area (Å²) in [4.78, 5) is 2.45. The molecule has 1 rings (SSSR count). The first kappa shape index (κ1) is 17.6. The van der Waals surface area contributed by atoms with Gasteiger partial charge >= 0.3 is 0 Å². The highest BCUT2D eigenvalue weighted by atomic mass is 15.1. The molecule has 0 saturated carbocycles. The Morgan fingerprint density at radius 3 is 2.05 bits per heavy atom. The molecule has 0 aromatic heterocycles. The lowest BCUT2D eigenvalue weighted by Gasteiger charge is -2.28. The molecule has 1 heteroatoms. The highest BCUT2D eigenvalue weighted by Crippen LogP contribution is 2.27. The Labute approximate surface area is 131 Å². The number of allylic oxidation sites excluding steroid dienone is 1. The smallest absolute Gasteiger partial charge is 0.0373 e. The van der Waals surface area contributed by atoms with E-state index in [1.807, 2.05) is 0 Å². The van der Waals surface area contributed by atoms with Crippen molar-refractivity contribution in [2.24, 2.45) is 0 Å². The van der Waals surface area contributed by atoms with Gasteiger partial charge in [0.1, 0.15) is 0 Å². The van der Waals surface area contributed by atoms with E-state index in [-0.39, 0.29) is 0 Å². The van der Waals surface area contributed by atoms with E-state index in [1.165, 1.54) is 42.4 Å². The molecule has 0 aliphatic heterocycles. The Balaban J connectivity index is 3.06. The molecule has 0 atom stereocenters. The number of nitrogens with zero attached hydrogens (tertiary/aromatic N) is 1. The highest BCUT2D eigenvalue weighted by Gasteiger charge is 2.13. The number of hydrogen-bond donors (Lipinski definition) is 0. The number of rotatable bonds is 9. The van der Waals surface area contributed by atoms with Crippen LogP contribution in [-0.2, 0) is 0 Å². The van der Waals surface area contributed by atoms with Crippen LogP contribution >= 0.6 is 0 Å². The first-order valence-electron chi connectivity index (χ1n) is 8.22. The molecule has 116 valence electrons. The summed E-state index contributed by atoms with van der Waals surface area (Å²) in [5.41, 5.74) is 6.01. The van der Waals surface area contributed by atoms with Gasteiger partial charge in [-0.15, -0.1) is 0 Å². The minimum Gasteiger partial charge on any atom is -0.372 e. The van der Waals surface area contributed by atoms with Gasteiger partial charge in [-0.1, -0.05) is 63.1 Å². The lowest BCUT2D eigenvalue weighted by atomic mass is 9.97. The highest BCUT2D eigenvalue weighted by molar-refractivity contribution is 5.77. The lowest BCUT2D eigenvalue weighted by Crippen LogP contribution is -2.24. The number of aryl methyl sites for hydroxylation is 1. The maximum absolute atomic E-state index is 4.40. The predicted molar refractivity (Wildman–Crippen MR) is 96.3 cm³/mol. The van der Waals surface area contributed by atoms with E-state index >= 15 is 0 Å². The van der Waals surface area contributed by atoms with Crippen LogP contribution in [0.4, 0.5) is 0 Å². The van der Waals surface area contributed by atoms with Crippen molar-refractivity contribution in [1.29, 1.82) is 0 Å². The standard InChI is InChI=1S/C20H31N/c1-7-9-13-21(14-10-8-2)18(6)20-15-17(5)11-12-19(20)16(3)4/h11-12,15H,3,6-10,13-14H2,1-2,4-5H3. The summed E-state index contributed by atoms with van der Waals surface area (Å²) in [6, 6.07) is 6.58. The average molecular weight is 285 g/mol. The molecule has 0 radical (unpaired) electrons. The Kier molecular flexibility index (Phi) is 7.28. The van der Waals surface area contributed by atoms with E-state index in [9.17, 15) is 0 Å². The third kappa shape index (κ3) is 5.08. The maximum atomic E-state index is 4.40. The van der Waals surface area contributed by atoms with Gasteiger partial charge in [0.2, 0.25) is 0 Å². The predicted octanol–water partition coefficient (Wildman–Crippen LogP) is 5.90. The van der Waals surface area contributed by atoms with Crippen LogP contribution in [0.15, 0.2) is 31.4 Å². The van der Waals surface area contributed by atoms with Crippen molar-refractivity contribution in [3.05, 3.63) is 48.0 Å². The van der Waals surface area contributed by atoms with Crippen LogP contribution in [0.5, 0.6) is 0 Å². The molecule has 0 spiro atoms. The van der Waals surface area contributed by atoms with E-state index in [2.05, 4.69) is 64.0 Å². The zero-order chi connectivity index (χ0) is 15.8. The second-order valence-electron chi connectivity index (χ2n) is 5.97. The Bertz CT molecular complexity index is 477. The van der Waals surface area contributed by atoms with Crippen molar-refractivity contribution in [2.75, 3.05) is 13.1 Å². The van der Waals surface area contributed by atoms with Gasteiger partial charge in [-0.2, -0.15) is 0 Å². The van der Waals surface area contributed by atoms with E-state index < -0.39 is 0 Å². The molecule has 1 aromatic rings. The summed E-state index contributed by atoms with van der Waals surface area (Å²) in [5.74, 6) is 0. The fourth-order valence-corrected chi connectivity index (χ4v) is 2.52. The zero-order valence-corrected chi connectivity index (χ0v) is 14.3. The maximum Gasteiger partial charge on any atom is 0.0373 e. The Hall–Kier alpha value is -1.50. The largest absolute Gasteiger partial charge is 0.372 e. The minimum absolute atomic E-state index is 1.10. The van der Waals surface area contributed by atoms with Crippen LogP contribution in [0.3, 0.4) is 0 Å². The second-order valence-corrected chi connectivity index (χ2v) is 5.97. The summed E-state index contributed by atoms with van der Waals surface area (Å²) in [7, 11) is 0. The van der Waals surface area contributed by atoms with E-state index in [1.54, 1.807) is 0 Å². The quantitative estimate of drug-likeness (QED) is 0.546. The van der Waals surface area contributed by atoms with Gasteiger partial charge in [-0.3, -0.25) is 0 Å². The third-order valence-electron chi connectivity index (χ3n) is 3.89. The van der Waals surface area contributed by atoms with Crippen molar-refractivity contribution >= 4 is 11.3 Å². The van der Waals surface area contributed by atoms with Gasteiger partial charge in [0.15, 0.2) is 0 Å². The van der Waals surface area contributed by atoms with Crippen LogP contribution in [0, 0.1) is 6.92 Å². The molecule has 0 heterocycles. The van der Waals surface area contributed by atoms with Gasteiger partial charge in [0.05, 0.1) is 0 Å². The topological polar surface area (TPSA) is 3.24 Å². The summed E-state index contributed by atoms with van der Waals surface area (Å²) >= 11 is 0. The van der Waals surface area contributed by atoms with Crippen molar-refractivity contribution in [3.63, 3.8) is 0 Å². The number of benzene rings is 1. The van der Waals surface area contributed by atoms with Crippen molar-refractivity contribution < 1.29 is 0 Å². The summed E-state index contributed by atoms with van der Waals surface area (Å²) in [5, 5.41) is 0.